The summed E-state index contributed by atoms with van der Waals surface area (Å²) < 4.78 is 0. The van der Waals surface area contributed by atoms with Crippen LogP contribution >= 0.6 is 11.8 Å². The van der Waals surface area contributed by atoms with Crippen molar-refractivity contribution in [3.8, 4) is 5.75 Å². The van der Waals surface area contributed by atoms with Gasteiger partial charge in [-0.3, -0.25) is 0 Å². The van der Waals surface area contributed by atoms with Gasteiger partial charge in [-0.05, 0) is 24.3 Å². The third-order valence-corrected chi connectivity index (χ3v) is 3.06. The lowest BCUT2D eigenvalue weighted by Crippen LogP contribution is -1.87. The fourth-order valence-electron chi connectivity index (χ4n) is 1.24. The Kier molecular flexibility index (Phi) is 2.83. The fraction of sp³-hybridized carbons (Fsp3) is 0. The predicted molar refractivity (Wildman–Crippen MR) is 63.1 cm³/mol. The molecular weight excluding hydrogens is 206 g/mol. The summed E-state index contributed by atoms with van der Waals surface area (Å²) in [6.07, 6.45) is 0. The van der Waals surface area contributed by atoms with E-state index in [0.29, 0.717) is 5.69 Å². The van der Waals surface area contributed by atoms with Crippen LogP contribution in [0.1, 0.15) is 0 Å². The number of anilines is 1. The molecule has 0 heterocycles. The number of phenols is 1. The fourth-order valence-corrected chi connectivity index (χ4v) is 2.10. The number of phenolic OH excluding ortho intramolecular Hbond substituents is 1. The van der Waals surface area contributed by atoms with Gasteiger partial charge in [0.15, 0.2) is 0 Å². The molecule has 3 heteroatoms. The van der Waals surface area contributed by atoms with E-state index in [9.17, 15) is 5.11 Å². The van der Waals surface area contributed by atoms with Gasteiger partial charge in [-0.15, -0.1) is 0 Å². The van der Waals surface area contributed by atoms with Gasteiger partial charge in [0.2, 0.25) is 0 Å². The van der Waals surface area contributed by atoms with Crippen molar-refractivity contribution in [1.29, 1.82) is 0 Å². The van der Waals surface area contributed by atoms with Gasteiger partial charge in [-0.2, -0.15) is 0 Å². The van der Waals surface area contributed by atoms with E-state index in [0.717, 1.165) is 9.79 Å². The molecule has 0 aliphatic heterocycles. The normalized spacial score (nSPS) is 10.1. The molecule has 0 aliphatic rings. The summed E-state index contributed by atoms with van der Waals surface area (Å²) in [6, 6.07) is 15.0. The van der Waals surface area contributed by atoms with E-state index in [1.54, 1.807) is 23.9 Å². The molecule has 76 valence electrons. The standard InChI is InChI=1S/C12H11NOS/c13-11-8-9(14)6-7-12(11)15-10-4-2-1-3-5-10/h1-8,14H,13H2. The third kappa shape index (κ3) is 2.44. The van der Waals surface area contributed by atoms with Crippen molar-refractivity contribution >= 4 is 17.4 Å². The zero-order valence-electron chi connectivity index (χ0n) is 8.05. The molecule has 2 nitrogen and oxygen atoms in total. The maximum Gasteiger partial charge on any atom is 0.117 e. The van der Waals surface area contributed by atoms with E-state index in [1.165, 1.54) is 0 Å². The summed E-state index contributed by atoms with van der Waals surface area (Å²) in [5, 5.41) is 9.21. The first-order valence-electron chi connectivity index (χ1n) is 4.57. The third-order valence-electron chi connectivity index (χ3n) is 1.96. The second kappa shape index (κ2) is 4.28. The Morgan fingerprint density at radius 1 is 1.00 bits per heavy atom. The highest BCUT2D eigenvalue weighted by molar-refractivity contribution is 7.99. The first-order valence-corrected chi connectivity index (χ1v) is 5.39. The molecule has 0 aliphatic carbocycles. The van der Waals surface area contributed by atoms with E-state index in [-0.39, 0.29) is 5.75 Å². The quantitative estimate of drug-likeness (QED) is 0.760. The highest BCUT2D eigenvalue weighted by Crippen LogP contribution is 2.33. The lowest BCUT2D eigenvalue weighted by Gasteiger charge is -2.05. The van der Waals surface area contributed by atoms with Gasteiger partial charge in [0, 0.05) is 21.5 Å². The number of aromatic hydroxyl groups is 1. The van der Waals surface area contributed by atoms with Gasteiger partial charge < -0.3 is 10.8 Å². The lowest BCUT2D eigenvalue weighted by molar-refractivity contribution is 0.475. The van der Waals surface area contributed by atoms with Crippen LogP contribution in [-0.4, -0.2) is 5.11 Å². The van der Waals surface area contributed by atoms with E-state index in [1.807, 2.05) is 36.4 Å². The van der Waals surface area contributed by atoms with Crippen molar-refractivity contribution in [2.75, 3.05) is 5.73 Å². The Bertz CT molecular complexity index is 456. The molecule has 0 saturated carbocycles. The monoisotopic (exact) mass is 217 g/mol. The van der Waals surface area contributed by atoms with Crippen molar-refractivity contribution < 1.29 is 5.11 Å². The Morgan fingerprint density at radius 3 is 2.40 bits per heavy atom. The minimum atomic E-state index is 0.199. The summed E-state index contributed by atoms with van der Waals surface area (Å²) >= 11 is 1.59. The zero-order valence-corrected chi connectivity index (χ0v) is 8.87. The highest BCUT2D eigenvalue weighted by Gasteiger charge is 2.01. The lowest BCUT2D eigenvalue weighted by atomic mass is 10.3. The van der Waals surface area contributed by atoms with E-state index >= 15 is 0 Å². The molecule has 2 aromatic carbocycles. The van der Waals surface area contributed by atoms with Crippen molar-refractivity contribution in [1.82, 2.24) is 0 Å². The average Bonchev–Trinajstić information content (AvgIpc) is 2.24. The van der Waals surface area contributed by atoms with Crippen LogP contribution in [0.2, 0.25) is 0 Å². The number of benzene rings is 2. The molecule has 0 radical (unpaired) electrons. The minimum absolute atomic E-state index is 0.199. The van der Waals surface area contributed by atoms with Crippen LogP contribution in [0.15, 0.2) is 58.3 Å². The maximum absolute atomic E-state index is 9.21. The topological polar surface area (TPSA) is 46.2 Å². The molecule has 0 spiro atoms. The number of hydrogen-bond donors (Lipinski definition) is 2. The second-order valence-corrected chi connectivity index (χ2v) is 4.25. The molecule has 2 rings (SSSR count). The average molecular weight is 217 g/mol. The van der Waals surface area contributed by atoms with Crippen molar-refractivity contribution in [2.24, 2.45) is 0 Å². The smallest absolute Gasteiger partial charge is 0.117 e. The molecule has 3 N–H and O–H groups in total. The van der Waals surface area contributed by atoms with E-state index < -0.39 is 0 Å². The van der Waals surface area contributed by atoms with Crippen molar-refractivity contribution in [3.63, 3.8) is 0 Å². The molecule has 15 heavy (non-hydrogen) atoms. The SMILES string of the molecule is Nc1cc(O)ccc1Sc1ccccc1. The summed E-state index contributed by atoms with van der Waals surface area (Å²) in [7, 11) is 0. The van der Waals surface area contributed by atoms with Gasteiger partial charge in [0.1, 0.15) is 5.75 Å². The molecule has 0 bridgehead atoms. The molecule has 0 saturated heterocycles. The highest BCUT2D eigenvalue weighted by atomic mass is 32.2. The van der Waals surface area contributed by atoms with Crippen LogP contribution in [0.4, 0.5) is 5.69 Å². The van der Waals surface area contributed by atoms with Gasteiger partial charge in [-0.25, -0.2) is 0 Å². The molecule has 0 unspecified atom stereocenters. The van der Waals surface area contributed by atoms with Crippen LogP contribution in [0.5, 0.6) is 5.75 Å². The Balaban J connectivity index is 2.25. The number of hydrogen-bond acceptors (Lipinski definition) is 3. The number of nitrogen functional groups attached to an aromatic ring is 1. The van der Waals surface area contributed by atoms with Crippen LogP contribution in [0.3, 0.4) is 0 Å². The first-order chi connectivity index (χ1) is 7.25. The van der Waals surface area contributed by atoms with Gasteiger partial charge in [0.05, 0.1) is 0 Å². The Labute approximate surface area is 92.7 Å². The summed E-state index contributed by atoms with van der Waals surface area (Å²) in [4.78, 5) is 2.09. The van der Waals surface area contributed by atoms with Crippen LogP contribution < -0.4 is 5.73 Å². The largest absolute Gasteiger partial charge is 0.508 e. The Hall–Kier alpha value is -1.61. The van der Waals surface area contributed by atoms with Crippen LogP contribution in [-0.2, 0) is 0 Å². The summed E-state index contributed by atoms with van der Waals surface area (Å²) in [6.45, 7) is 0. The van der Waals surface area contributed by atoms with Gasteiger partial charge in [0.25, 0.3) is 0 Å². The summed E-state index contributed by atoms with van der Waals surface area (Å²) in [5.74, 6) is 0.199. The van der Waals surface area contributed by atoms with Crippen LogP contribution in [0, 0.1) is 0 Å². The maximum atomic E-state index is 9.21. The molecule has 0 amide bonds. The summed E-state index contributed by atoms with van der Waals surface area (Å²) in [5.41, 5.74) is 6.39. The van der Waals surface area contributed by atoms with E-state index in [4.69, 9.17) is 5.73 Å². The molecule has 0 fully saturated rings. The second-order valence-electron chi connectivity index (χ2n) is 3.14. The zero-order chi connectivity index (χ0) is 10.7. The van der Waals surface area contributed by atoms with E-state index in [2.05, 4.69) is 0 Å². The molecular formula is C12H11NOS. The minimum Gasteiger partial charge on any atom is -0.508 e. The van der Waals surface area contributed by atoms with Crippen LogP contribution in [0.25, 0.3) is 0 Å². The Morgan fingerprint density at radius 2 is 1.73 bits per heavy atom. The predicted octanol–water partition coefficient (Wildman–Crippen LogP) is 3.13. The molecule has 2 aromatic rings. The van der Waals surface area contributed by atoms with Gasteiger partial charge >= 0.3 is 0 Å². The number of rotatable bonds is 2. The van der Waals surface area contributed by atoms with Crippen molar-refractivity contribution in [3.05, 3.63) is 48.5 Å². The molecule has 0 atom stereocenters. The molecule has 0 aromatic heterocycles. The number of nitrogens with two attached hydrogens (primary N) is 1. The van der Waals surface area contributed by atoms with Gasteiger partial charge in [-0.1, -0.05) is 30.0 Å². The van der Waals surface area contributed by atoms with Crippen molar-refractivity contribution in [2.45, 2.75) is 9.79 Å². The first kappa shape index (κ1) is 9.93.